The van der Waals surface area contributed by atoms with Crippen molar-refractivity contribution < 1.29 is 19.4 Å². The Balaban J connectivity index is 1.41. The van der Waals surface area contributed by atoms with Crippen molar-refractivity contribution in [3.63, 3.8) is 0 Å². The van der Waals surface area contributed by atoms with Gasteiger partial charge in [-0.15, -0.1) is 5.10 Å². The Labute approximate surface area is 236 Å². The van der Waals surface area contributed by atoms with Gasteiger partial charge in [0.05, 0.1) is 37.3 Å². The summed E-state index contributed by atoms with van der Waals surface area (Å²) in [6, 6.07) is 7.41. The summed E-state index contributed by atoms with van der Waals surface area (Å²) < 4.78 is 8.10. The number of hydrogen-bond acceptors (Lipinski definition) is 8. The molecule has 220 valence electrons. The van der Waals surface area contributed by atoms with E-state index < -0.39 is 0 Å². The first-order valence-electron chi connectivity index (χ1n) is 14.2. The molecule has 0 bridgehead atoms. The maximum absolute atomic E-state index is 13.1. The van der Waals surface area contributed by atoms with E-state index in [9.17, 15) is 14.7 Å². The van der Waals surface area contributed by atoms with Gasteiger partial charge in [0, 0.05) is 76.6 Å². The van der Waals surface area contributed by atoms with Crippen molar-refractivity contribution in [1.29, 1.82) is 0 Å². The van der Waals surface area contributed by atoms with Gasteiger partial charge in [0.1, 0.15) is 0 Å². The van der Waals surface area contributed by atoms with Crippen LogP contribution in [0.3, 0.4) is 0 Å². The first-order valence-corrected chi connectivity index (χ1v) is 14.2. The van der Waals surface area contributed by atoms with E-state index in [1.807, 2.05) is 38.1 Å². The van der Waals surface area contributed by atoms with E-state index in [-0.39, 0.29) is 36.6 Å². The zero-order valence-corrected chi connectivity index (χ0v) is 24.2. The molecule has 1 aromatic heterocycles. The van der Waals surface area contributed by atoms with Gasteiger partial charge in [-0.2, -0.15) is 0 Å². The molecule has 4 rings (SSSR count). The summed E-state index contributed by atoms with van der Waals surface area (Å²) in [7, 11) is 3.88. The lowest BCUT2D eigenvalue weighted by Gasteiger charge is -2.35. The highest BCUT2D eigenvalue weighted by Crippen LogP contribution is 2.21. The number of nitrogens with zero attached hydrogens (tertiary/aromatic N) is 7. The summed E-state index contributed by atoms with van der Waals surface area (Å²) in [5.74, 6) is -0.111. The number of aryl methyl sites for hydroxylation is 1. The van der Waals surface area contributed by atoms with E-state index in [0.717, 1.165) is 43.2 Å². The van der Waals surface area contributed by atoms with Gasteiger partial charge in [-0.05, 0) is 44.7 Å². The standard InChI is InChI=1S/C28H44N8O4/c1-21-17-35(22(2)19-37)27(38)6-5-11-36-25(16-29-31-36)20-40-26(21)18-33(4)28(39)30-23-7-9-24(10-8-23)34-14-12-32(3)13-15-34/h7-10,16,21-22,26,37H,5-6,11-15,17-20H2,1-4H3,(H,30,39)/t21-,22-,26+/m0/s1. The second-order valence-electron chi connectivity index (χ2n) is 11.1. The molecule has 12 nitrogen and oxygen atoms in total. The van der Waals surface area contributed by atoms with E-state index in [1.54, 1.807) is 27.7 Å². The van der Waals surface area contributed by atoms with Crippen LogP contribution in [0.15, 0.2) is 30.5 Å². The van der Waals surface area contributed by atoms with Crippen LogP contribution in [0.5, 0.6) is 0 Å². The minimum atomic E-state index is -0.362. The van der Waals surface area contributed by atoms with E-state index in [0.29, 0.717) is 39.1 Å². The van der Waals surface area contributed by atoms with E-state index in [1.165, 1.54) is 0 Å². The SMILES string of the molecule is C[C@H]1CN([C@@H](C)CO)C(=O)CCCn2nncc2CO[C@@H]1CN(C)C(=O)Nc1ccc(N2CCN(C)CC2)cc1. The van der Waals surface area contributed by atoms with Crippen LogP contribution in [-0.2, 0) is 22.7 Å². The van der Waals surface area contributed by atoms with Crippen LogP contribution in [-0.4, -0.2) is 119 Å². The molecule has 2 aromatic rings. The van der Waals surface area contributed by atoms with Crippen molar-refractivity contribution in [3.05, 3.63) is 36.2 Å². The molecular weight excluding hydrogens is 512 g/mol. The molecule has 2 aliphatic heterocycles. The molecule has 0 aliphatic carbocycles. The van der Waals surface area contributed by atoms with E-state index in [2.05, 4.69) is 32.5 Å². The number of nitrogens with one attached hydrogen (secondary N) is 1. The summed E-state index contributed by atoms with van der Waals surface area (Å²) in [5, 5.41) is 20.9. The number of aliphatic hydroxyl groups excluding tert-OH is 1. The molecule has 2 aliphatic rings. The smallest absolute Gasteiger partial charge is 0.321 e. The number of amides is 3. The first kappa shape index (κ1) is 29.8. The molecule has 1 aromatic carbocycles. The molecule has 0 unspecified atom stereocenters. The van der Waals surface area contributed by atoms with Crippen molar-refractivity contribution >= 4 is 23.3 Å². The topological polar surface area (TPSA) is 119 Å². The van der Waals surface area contributed by atoms with Gasteiger partial charge < -0.3 is 34.8 Å². The number of urea groups is 1. The lowest BCUT2D eigenvalue weighted by Crippen LogP contribution is -2.48. The van der Waals surface area contributed by atoms with Crippen molar-refractivity contribution in [1.82, 2.24) is 29.7 Å². The quantitative estimate of drug-likeness (QED) is 0.552. The van der Waals surface area contributed by atoms with Crippen LogP contribution < -0.4 is 10.2 Å². The Bertz CT molecular complexity index is 1100. The van der Waals surface area contributed by atoms with Gasteiger partial charge in [0.25, 0.3) is 0 Å². The highest BCUT2D eigenvalue weighted by Gasteiger charge is 2.29. The molecule has 3 atom stereocenters. The lowest BCUT2D eigenvalue weighted by molar-refractivity contribution is -0.136. The number of aromatic nitrogens is 3. The maximum Gasteiger partial charge on any atom is 0.321 e. The average molecular weight is 557 g/mol. The molecule has 1 fully saturated rings. The molecule has 3 amide bonds. The first-order chi connectivity index (χ1) is 19.2. The Kier molecular flexibility index (Phi) is 10.3. The van der Waals surface area contributed by atoms with Gasteiger partial charge in [-0.25, -0.2) is 9.48 Å². The number of fused-ring (bicyclic) bond motifs is 1. The molecule has 1 saturated heterocycles. The monoisotopic (exact) mass is 556 g/mol. The highest BCUT2D eigenvalue weighted by atomic mass is 16.5. The fraction of sp³-hybridized carbons (Fsp3) is 0.643. The Morgan fingerprint density at radius 1 is 1.20 bits per heavy atom. The molecule has 0 radical (unpaired) electrons. The third-order valence-electron chi connectivity index (χ3n) is 7.93. The zero-order valence-electron chi connectivity index (χ0n) is 24.2. The normalized spacial score (nSPS) is 22.2. The number of ether oxygens (including phenoxy) is 1. The second kappa shape index (κ2) is 13.9. The van der Waals surface area contributed by atoms with Crippen LogP contribution in [0.2, 0.25) is 0 Å². The molecule has 12 heteroatoms. The molecule has 40 heavy (non-hydrogen) atoms. The highest BCUT2D eigenvalue weighted by molar-refractivity contribution is 5.89. The summed E-state index contributed by atoms with van der Waals surface area (Å²) in [5.41, 5.74) is 2.71. The minimum Gasteiger partial charge on any atom is -0.394 e. The number of likely N-dealkylation sites (N-methyl/N-ethyl adjacent to an activating group) is 2. The van der Waals surface area contributed by atoms with Gasteiger partial charge >= 0.3 is 6.03 Å². The minimum absolute atomic E-state index is 0.0134. The summed E-state index contributed by atoms with van der Waals surface area (Å²) in [6.45, 7) is 9.39. The van der Waals surface area contributed by atoms with Crippen molar-refractivity contribution in [2.75, 3.05) is 70.2 Å². The number of piperazine rings is 1. The Hall–Kier alpha value is -3.22. The lowest BCUT2D eigenvalue weighted by atomic mass is 10.0. The van der Waals surface area contributed by atoms with Gasteiger partial charge in [-0.3, -0.25) is 4.79 Å². The molecule has 0 saturated carbocycles. The largest absolute Gasteiger partial charge is 0.394 e. The van der Waals surface area contributed by atoms with Crippen molar-refractivity contribution in [2.24, 2.45) is 5.92 Å². The number of aliphatic hydroxyl groups is 1. The van der Waals surface area contributed by atoms with E-state index >= 15 is 0 Å². The average Bonchev–Trinajstić information content (AvgIpc) is 3.40. The fourth-order valence-corrected chi connectivity index (χ4v) is 5.14. The number of rotatable bonds is 6. The van der Waals surface area contributed by atoms with Crippen molar-refractivity contribution in [2.45, 2.75) is 52.0 Å². The molecular formula is C28H44N8O4. The zero-order chi connectivity index (χ0) is 28.6. The van der Waals surface area contributed by atoms with Gasteiger partial charge in [0.15, 0.2) is 0 Å². The fourth-order valence-electron chi connectivity index (χ4n) is 5.14. The predicted molar refractivity (Wildman–Crippen MR) is 153 cm³/mol. The number of benzene rings is 1. The Morgan fingerprint density at radius 3 is 2.62 bits per heavy atom. The summed E-state index contributed by atoms with van der Waals surface area (Å²) >= 11 is 0. The molecule has 0 spiro atoms. The predicted octanol–water partition coefficient (Wildman–Crippen LogP) is 1.72. The maximum atomic E-state index is 13.1. The van der Waals surface area contributed by atoms with Gasteiger partial charge in [-0.1, -0.05) is 12.1 Å². The van der Waals surface area contributed by atoms with Crippen LogP contribution in [0.25, 0.3) is 0 Å². The number of hydrogen-bond donors (Lipinski definition) is 2. The third kappa shape index (κ3) is 7.70. The number of carbonyl (C=O) groups is 2. The van der Waals surface area contributed by atoms with Gasteiger partial charge in [0.2, 0.25) is 5.91 Å². The third-order valence-corrected chi connectivity index (χ3v) is 7.93. The van der Waals surface area contributed by atoms with Crippen molar-refractivity contribution in [3.8, 4) is 0 Å². The van der Waals surface area contributed by atoms with Crippen LogP contribution in [0.1, 0.15) is 32.4 Å². The summed E-state index contributed by atoms with van der Waals surface area (Å²) in [4.78, 5) is 34.2. The second-order valence-corrected chi connectivity index (χ2v) is 11.1. The van der Waals surface area contributed by atoms with Crippen LogP contribution in [0.4, 0.5) is 16.2 Å². The van der Waals surface area contributed by atoms with Crippen LogP contribution >= 0.6 is 0 Å². The molecule has 3 heterocycles. The summed E-state index contributed by atoms with van der Waals surface area (Å²) in [6.07, 6.45) is 2.30. The number of carbonyl (C=O) groups excluding carboxylic acids is 2. The molecule has 2 N–H and O–H groups in total. The van der Waals surface area contributed by atoms with E-state index in [4.69, 9.17) is 4.74 Å². The van der Waals surface area contributed by atoms with Crippen LogP contribution in [0, 0.1) is 5.92 Å². The number of anilines is 2. The Morgan fingerprint density at radius 2 is 1.93 bits per heavy atom.